The van der Waals surface area contributed by atoms with E-state index in [1.54, 1.807) is 10.9 Å². The van der Waals surface area contributed by atoms with Gasteiger partial charge in [0.25, 0.3) is 0 Å². The minimum Gasteiger partial charge on any atom is -0.387 e. The highest BCUT2D eigenvalue weighted by atomic mass is 16.5. The summed E-state index contributed by atoms with van der Waals surface area (Å²) in [5.74, 6) is 0.741. The van der Waals surface area contributed by atoms with Crippen molar-refractivity contribution in [2.75, 3.05) is 5.32 Å². The average molecular weight is 318 g/mol. The van der Waals surface area contributed by atoms with Crippen LogP contribution in [0.25, 0.3) is 11.2 Å². The molecule has 1 aliphatic carbocycles. The third kappa shape index (κ3) is 2.46. The molecule has 8 nitrogen and oxygen atoms in total. The van der Waals surface area contributed by atoms with Crippen molar-refractivity contribution in [1.82, 2.24) is 19.5 Å². The number of nitrogens with two attached hydrogens (primary N) is 1. The first-order valence-corrected chi connectivity index (χ1v) is 8.18. The van der Waals surface area contributed by atoms with Gasteiger partial charge in [0.2, 0.25) is 0 Å². The van der Waals surface area contributed by atoms with Gasteiger partial charge >= 0.3 is 0 Å². The molecule has 0 unspecified atom stereocenters. The summed E-state index contributed by atoms with van der Waals surface area (Å²) in [7, 11) is 0. The number of nitrogens with one attached hydrogen (secondary N) is 1. The molecule has 0 bridgehead atoms. The summed E-state index contributed by atoms with van der Waals surface area (Å²) >= 11 is 0. The van der Waals surface area contributed by atoms with Crippen molar-refractivity contribution in [3.05, 3.63) is 12.7 Å². The zero-order valence-electron chi connectivity index (χ0n) is 13.1. The first kappa shape index (κ1) is 14.8. The standard InChI is InChI=1S/C15H22N6O2/c1-8-10(16)12(22)15(23-8)21-7-19-11-13(17-6-18-14(11)21)20-9-4-2-3-5-9/h6-10,12,15,22H,2-5,16H2,1H3,(H,17,18,20)/t8-,10+,12-,15-/m1/s1. The minimum absolute atomic E-state index is 0.217. The zero-order chi connectivity index (χ0) is 16.0. The van der Waals surface area contributed by atoms with Crippen molar-refractivity contribution in [2.45, 2.75) is 63.1 Å². The lowest BCUT2D eigenvalue weighted by molar-refractivity contribution is -0.0297. The number of ether oxygens (including phenoxy) is 1. The van der Waals surface area contributed by atoms with Crippen molar-refractivity contribution in [3.8, 4) is 0 Å². The van der Waals surface area contributed by atoms with E-state index in [0.29, 0.717) is 17.2 Å². The summed E-state index contributed by atoms with van der Waals surface area (Å²) in [6.07, 6.45) is 6.39. The van der Waals surface area contributed by atoms with Crippen LogP contribution in [0.1, 0.15) is 38.8 Å². The second-order valence-corrected chi connectivity index (χ2v) is 6.47. The van der Waals surface area contributed by atoms with Crippen molar-refractivity contribution in [3.63, 3.8) is 0 Å². The van der Waals surface area contributed by atoms with Crippen LogP contribution in [0, 0.1) is 0 Å². The Labute approximate surface area is 134 Å². The molecule has 0 amide bonds. The van der Waals surface area contributed by atoms with Gasteiger partial charge in [0.15, 0.2) is 23.2 Å². The Balaban J connectivity index is 1.67. The molecule has 2 aromatic heterocycles. The van der Waals surface area contributed by atoms with Crippen molar-refractivity contribution < 1.29 is 9.84 Å². The molecule has 2 fully saturated rings. The summed E-state index contributed by atoms with van der Waals surface area (Å²) in [5.41, 5.74) is 7.29. The maximum absolute atomic E-state index is 10.3. The Morgan fingerprint density at radius 3 is 2.78 bits per heavy atom. The molecular formula is C15H22N6O2. The number of fused-ring (bicyclic) bond motifs is 1. The summed E-state index contributed by atoms with van der Waals surface area (Å²) in [6, 6.07) is 0.0235. The highest BCUT2D eigenvalue weighted by Crippen LogP contribution is 2.31. The van der Waals surface area contributed by atoms with Crippen LogP contribution in [0.15, 0.2) is 12.7 Å². The minimum atomic E-state index is -0.788. The van der Waals surface area contributed by atoms with Gasteiger partial charge < -0.3 is 20.9 Å². The fraction of sp³-hybridized carbons (Fsp3) is 0.667. The van der Waals surface area contributed by atoms with Gasteiger partial charge in [-0.1, -0.05) is 12.8 Å². The summed E-state index contributed by atoms with van der Waals surface area (Å²) in [5, 5.41) is 13.8. The molecule has 4 rings (SSSR count). The third-order valence-electron chi connectivity index (χ3n) is 4.91. The van der Waals surface area contributed by atoms with Gasteiger partial charge in [-0.2, -0.15) is 0 Å². The lowest BCUT2D eigenvalue weighted by Crippen LogP contribution is -2.38. The number of hydrogen-bond acceptors (Lipinski definition) is 7. The molecule has 2 aromatic rings. The summed E-state index contributed by atoms with van der Waals surface area (Å²) in [4.78, 5) is 13.1. The van der Waals surface area contributed by atoms with E-state index in [2.05, 4.69) is 20.3 Å². The monoisotopic (exact) mass is 318 g/mol. The van der Waals surface area contributed by atoms with Crippen LogP contribution in [0.5, 0.6) is 0 Å². The Morgan fingerprint density at radius 1 is 1.30 bits per heavy atom. The lowest BCUT2D eigenvalue weighted by Gasteiger charge is -2.17. The molecule has 1 saturated carbocycles. The molecule has 23 heavy (non-hydrogen) atoms. The molecule has 1 saturated heterocycles. The molecule has 4 atom stereocenters. The van der Waals surface area contributed by atoms with Crippen LogP contribution in [-0.4, -0.2) is 48.9 Å². The maximum atomic E-state index is 10.3. The van der Waals surface area contributed by atoms with Crippen LogP contribution in [0.2, 0.25) is 0 Å². The summed E-state index contributed by atoms with van der Waals surface area (Å²) in [6.45, 7) is 1.86. The molecule has 2 aliphatic rings. The van der Waals surface area contributed by atoms with Gasteiger partial charge in [-0.15, -0.1) is 0 Å². The number of hydrogen-bond donors (Lipinski definition) is 3. The van der Waals surface area contributed by atoms with Crippen LogP contribution >= 0.6 is 0 Å². The topological polar surface area (TPSA) is 111 Å². The number of aliphatic hydroxyl groups is 1. The normalized spacial score (nSPS) is 32.0. The zero-order valence-corrected chi connectivity index (χ0v) is 13.1. The van der Waals surface area contributed by atoms with Gasteiger partial charge in [0.05, 0.1) is 18.5 Å². The first-order valence-electron chi connectivity index (χ1n) is 8.18. The fourth-order valence-corrected chi connectivity index (χ4v) is 3.50. The second-order valence-electron chi connectivity index (χ2n) is 6.47. The van der Waals surface area contributed by atoms with Crippen molar-refractivity contribution in [2.24, 2.45) is 5.73 Å². The Morgan fingerprint density at radius 2 is 2.09 bits per heavy atom. The van der Waals surface area contributed by atoms with Crippen LogP contribution < -0.4 is 11.1 Å². The lowest BCUT2D eigenvalue weighted by atomic mass is 10.1. The van der Waals surface area contributed by atoms with Gasteiger partial charge in [-0.05, 0) is 19.8 Å². The van der Waals surface area contributed by atoms with E-state index in [9.17, 15) is 5.11 Å². The van der Waals surface area contributed by atoms with Gasteiger partial charge in [0, 0.05) is 6.04 Å². The molecule has 0 aromatic carbocycles. The first-order chi connectivity index (χ1) is 11.1. The molecule has 1 aliphatic heterocycles. The molecule has 8 heteroatoms. The smallest absolute Gasteiger partial charge is 0.167 e. The Hall–Kier alpha value is -1.77. The van der Waals surface area contributed by atoms with E-state index < -0.39 is 18.4 Å². The van der Waals surface area contributed by atoms with E-state index in [-0.39, 0.29) is 6.10 Å². The predicted octanol–water partition coefficient (Wildman–Crippen LogP) is 0.786. The quantitative estimate of drug-likeness (QED) is 0.767. The third-order valence-corrected chi connectivity index (χ3v) is 4.91. The van der Waals surface area contributed by atoms with E-state index in [0.717, 1.165) is 18.7 Å². The number of anilines is 1. The number of aromatic nitrogens is 4. The number of nitrogens with zero attached hydrogens (tertiary/aromatic N) is 4. The van der Waals surface area contributed by atoms with Crippen molar-refractivity contribution >= 4 is 17.0 Å². The van der Waals surface area contributed by atoms with Gasteiger partial charge in [-0.3, -0.25) is 4.57 Å². The average Bonchev–Trinajstić information content (AvgIpc) is 3.25. The van der Waals surface area contributed by atoms with Crippen LogP contribution in [-0.2, 0) is 4.74 Å². The fourth-order valence-electron chi connectivity index (χ4n) is 3.50. The van der Waals surface area contributed by atoms with Crippen LogP contribution in [0.4, 0.5) is 5.82 Å². The van der Waals surface area contributed by atoms with E-state index >= 15 is 0 Å². The van der Waals surface area contributed by atoms with Crippen molar-refractivity contribution in [1.29, 1.82) is 0 Å². The van der Waals surface area contributed by atoms with E-state index in [1.165, 1.54) is 19.2 Å². The molecule has 3 heterocycles. The van der Waals surface area contributed by atoms with Gasteiger partial charge in [0.1, 0.15) is 12.4 Å². The molecule has 124 valence electrons. The Bertz CT molecular complexity index is 698. The van der Waals surface area contributed by atoms with Crippen LogP contribution in [0.3, 0.4) is 0 Å². The van der Waals surface area contributed by atoms with E-state index in [1.807, 2.05) is 6.92 Å². The predicted molar refractivity (Wildman–Crippen MR) is 84.8 cm³/mol. The van der Waals surface area contributed by atoms with Gasteiger partial charge in [-0.25, -0.2) is 15.0 Å². The Kier molecular flexibility index (Phi) is 3.67. The highest BCUT2D eigenvalue weighted by Gasteiger charge is 2.40. The number of rotatable bonds is 3. The highest BCUT2D eigenvalue weighted by molar-refractivity contribution is 5.82. The molecule has 0 radical (unpaired) electrons. The largest absolute Gasteiger partial charge is 0.387 e. The molecule has 0 spiro atoms. The number of imidazole rings is 1. The molecule has 4 N–H and O–H groups in total. The second kappa shape index (κ2) is 5.70. The molecular weight excluding hydrogens is 296 g/mol. The SMILES string of the molecule is C[C@H]1O[C@@H](n2cnc3c(NC4CCCC4)ncnc32)[C@H](O)[C@H]1N. The maximum Gasteiger partial charge on any atom is 0.167 e. The number of aliphatic hydroxyl groups excluding tert-OH is 1. The van der Waals surface area contributed by atoms with E-state index in [4.69, 9.17) is 10.5 Å². The summed E-state index contributed by atoms with van der Waals surface area (Å²) < 4.78 is 7.52.